The predicted molar refractivity (Wildman–Crippen MR) is 94.8 cm³/mol. The molecule has 0 fully saturated rings. The van der Waals surface area contributed by atoms with Crippen molar-refractivity contribution < 1.29 is 27.8 Å². The molecule has 6 nitrogen and oxygen atoms in total. The molecule has 0 radical (unpaired) electrons. The first-order valence-electron chi connectivity index (χ1n) is 8.10. The summed E-state index contributed by atoms with van der Waals surface area (Å²) < 4.78 is 36.8. The van der Waals surface area contributed by atoms with Crippen molar-refractivity contribution in [2.45, 2.75) is 13.0 Å². The number of rotatable bonds is 7. The fourth-order valence-corrected chi connectivity index (χ4v) is 2.43. The average Bonchev–Trinajstić information content (AvgIpc) is 2.65. The van der Waals surface area contributed by atoms with Gasteiger partial charge in [-0.15, -0.1) is 0 Å². The molecular weight excluding hydrogens is 358 g/mol. The first-order valence-corrected chi connectivity index (χ1v) is 8.10. The van der Waals surface area contributed by atoms with E-state index in [1.807, 2.05) is 0 Å². The normalized spacial score (nSPS) is 11.4. The molecule has 0 aliphatic carbocycles. The fourth-order valence-electron chi connectivity index (χ4n) is 2.43. The first-order chi connectivity index (χ1) is 12.8. The zero-order chi connectivity index (χ0) is 20.0. The fraction of sp³-hybridized carbons (Fsp3) is 0.263. The number of carbonyl (C=O) groups is 2. The highest BCUT2D eigenvalue weighted by molar-refractivity contribution is 5.96. The number of hydrogen-bond donors (Lipinski definition) is 2. The van der Waals surface area contributed by atoms with Crippen molar-refractivity contribution in [2.24, 2.45) is 0 Å². The van der Waals surface area contributed by atoms with Gasteiger partial charge >= 0.3 is 0 Å². The Balaban J connectivity index is 1.94. The van der Waals surface area contributed by atoms with Crippen molar-refractivity contribution >= 4 is 11.8 Å². The molecule has 1 unspecified atom stereocenters. The van der Waals surface area contributed by atoms with Crippen molar-refractivity contribution in [1.29, 1.82) is 0 Å². The molecule has 2 amide bonds. The van der Waals surface area contributed by atoms with E-state index in [1.54, 1.807) is 25.1 Å². The molecule has 0 aliphatic rings. The number of hydrogen-bond acceptors (Lipinski definition) is 4. The summed E-state index contributed by atoms with van der Waals surface area (Å²) in [7, 11) is 3.03. The van der Waals surface area contributed by atoms with Crippen molar-refractivity contribution in [1.82, 2.24) is 10.6 Å². The first kappa shape index (κ1) is 20.2. The number of ether oxygens (including phenoxy) is 2. The van der Waals surface area contributed by atoms with Gasteiger partial charge in [-0.3, -0.25) is 9.59 Å². The molecule has 0 spiro atoms. The molecule has 0 aromatic heterocycles. The maximum absolute atomic E-state index is 13.6. The number of carbonyl (C=O) groups excluding carboxylic acids is 2. The van der Waals surface area contributed by atoms with Gasteiger partial charge in [0.05, 0.1) is 32.4 Å². The molecule has 0 bridgehead atoms. The average molecular weight is 378 g/mol. The van der Waals surface area contributed by atoms with Crippen LogP contribution in [0.5, 0.6) is 11.5 Å². The maximum atomic E-state index is 13.6. The van der Waals surface area contributed by atoms with Crippen LogP contribution in [0.4, 0.5) is 8.78 Å². The molecule has 0 aliphatic heterocycles. The Labute approximate surface area is 155 Å². The smallest absolute Gasteiger partial charge is 0.254 e. The Morgan fingerprint density at radius 1 is 1.04 bits per heavy atom. The molecule has 0 saturated carbocycles. The molecule has 2 rings (SSSR count). The Kier molecular flexibility index (Phi) is 6.70. The van der Waals surface area contributed by atoms with E-state index >= 15 is 0 Å². The van der Waals surface area contributed by atoms with Gasteiger partial charge in [0.15, 0.2) is 11.5 Å². The summed E-state index contributed by atoms with van der Waals surface area (Å²) in [6, 6.07) is 7.46. The lowest BCUT2D eigenvalue weighted by Crippen LogP contribution is -2.38. The number of methoxy groups -OCH3 is 2. The van der Waals surface area contributed by atoms with E-state index < -0.39 is 23.4 Å². The highest BCUT2D eigenvalue weighted by Gasteiger charge is 2.16. The monoisotopic (exact) mass is 378 g/mol. The van der Waals surface area contributed by atoms with Gasteiger partial charge in [-0.2, -0.15) is 0 Å². The molecule has 2 aromatic carbocycles. The molecule has 27 heavy (non-hydrogen) atoms. The molecule has 144 valence electrons. The van der Waals surface area contributed by atoms with Crippen LogP contribution in [0.25, 0.3) is 0 Å². The second kappa shape index (κ2) is 8.98. The third-order valence-electron chi connectivity index (χ3n) is 3.87. The minimum atomic E-state index is -0.994. The van der Waals surface area contributed by atoms with Gasteiger partial charge in [0.1, 0.15) is 11.6 Å². The van der Waals surface area contributed by atoms with E-state index in [4.69, 9.17) is 9.47 Å². The SMILES string of the molecule is COc1ccc(C(C)NC(=O)CNC(=O)c2ccc(F)cc2F)cc1OC. The lowest BCUT2D eigenvalue weighted by Gasteiger charge is -2.17. The Morgan fingerprint density at radius 2 is 1.74 bits per heavy atom. The van der Waals surface area contributed by atoms with Gasteiger partial charge in [0, 0.05) is 6.07 Å². The predicted octanol–water partition coefficient (Wildman–Crippen LogP) is 2.59. The van der Waals surface area contributed by atoms with Crippen LogP contribution in [-0.4, -0.2) is 32.6 Å². The number of amides is 2. The van der Waals surface area contributed by atoms with Crippen LogP contribution < -0.4 is 20.1 Å². The molecule has 0 saturated heterocycles. The van der Waals surface area contributed by atoms with Gasteiger partial charge in [-0.05, 0) is 36.8 Å². The van der Waals surface area contributed by atoms with Crippen LogP contribution in [-0.2, 0) is 4.79 Å². The van der Waals surface area contributed by atoms with E-state index in [9.17, 15) is 18.4 Å². The van der Waals surface area contributed by atoms with E-state index in [0.29, 0.717) is 17.6 Å². The van der Waals surface area contributed by atoms with Crippen LogP contribution in [0.3, 0.4) is 0 Å². The van der Waals surface area contributed by atoms with E-state index in [2.05, 4.69) is 10.6 Å². The Bertz CT molecular complexity index is 842. The van der Waals surface area contributed by atoms with Gasteiger partial charge < -0.3 is 20.1 Å². The zero-order valence-corrected chi connectivity index (χ0v) is 15.1. The van der Waals surface area contributed by atoms with Crippen molar-refractivity contribution in [3.8, 4) is 11.5 Å². The molecule has 0 heterocycles. The van der Waals surface area contributed by atoms with Crippen LogP contribution in [0.15, 0.2) is 36.4 Å². The molecule has 8 heteroatoms. The van der Waals surface area contributed by atoms with Gasteiger partial charge in [0.2, 0.25) is 5.91 Å². The van der Waals surface area contributed by atoms with E-state index in [-0.39, 0.29) is 18.2 Å². The second-order valence-electron chi connectivity index (χ2n) is 5.71. The van der Waals surface area contributed by atoms with Gasteiger partial charge in [0.25, 0.3) is 5.91 Å². The summed E-state index contributed by atoms with van der Waals surface area (Å²) in [6.45, 7) is 1.41. The van der Waals surface area contributed by atoms with E-state index in [0.717, 1.165) is 17.7 Å². The second-order valence-corrected chi connectivity index (χ2v) is 5.71. The topological polar surface area (TPSA) is 76.7 Å². The molecule has 2 aromatic rings. The summed E-state index contributed by atoms with van der Waals surface area (Å²) in [5.74, 6) is -1.96. The summed E-state index contributed by atoms with van der Waals surface area (Å²) in [4.78, 5) is 24.0. The highest BCUT2D eigenvalue weighted by Crippen LogP contribution is 2.29. The molecular formula is C19H20F2N2O4. The minimum absolute atomic E-state index is 0.336. The third kappa shape index (κ3) is 5.16. The summed E-state index contributed by atoms with van der Waals surface area (Å²) >= 11 is 0. The molecule has 2 N–H and O–H groups in total. The maximum Gasteiger partial charge on any atom is 0.254 e. The van der Waals surface area contributed by atoms with Crippen molar-refractivity contribution in [3.63, 3.8) is 0 Å². The summed E-state index contributed by atoms with van der Waals surface area (Å²) in [5.41, 5.74) is 0.439. The highest BCUT2D eigenvalue weighted by atomic mass is 19.1. The van der Waals surface area contributed by atoms with Gasteiger partial charge in [-0.1, -0.05) is 6.07 Å². The van der Waals surface area contributed by atoms with Crippen LogP contribution >= 0.6 is 0 Å². The Morgan fingerprint density at radius 3 is 2.37 bits per heavy atom. The number of halogens is 2. The third-order valence-corrected chi connectivity index (χ3v) is 3.87. The lowest BCUT2D eigenvalue weighted by atomic mass is 10.1. The summed E-state index contributed by atoms with van der Waals surface area (Å²) in [6.07, 6.45) is 0. The standard InChI is InChI=1S/C19H20F2N2O4/c1-11(12-4-7-16(26-2)17(8-12)27-3)23-18(24)10-22-19(25)14-6-5-13(20)9-15(14)21/h4-9,11H,10H2,1-3H3,(H,22,25)(H,23,24). The minimum Gasteiger partial charge on any atom is -0.493 e. The van der Waals surface area contributed by atoms with E-state index in [1.165, 1.54) is 14.2 Å². The lowest BCUT2D eigenvalue weighted by molar-refractivity contribution is -0.120. The Hall–Kier alpha value is -3.16. The number of nitrogens with one attached hydrogen (secondary N) is 2. The quantitative estimate of drug-likeness (QED) is 0.777. The van der Waals surface area contributed by atoms with Crippen LogP contribution in [0, 0.1) is 11.6 Å². The van der Waals surface area contributed by atoms with Crippen LogP contribution in [0.1, 0.15) is 28.9 Å². The summed E-state index contributed by atoms with van der Waals surface area (Å²) in [5, 5.41) is 5.01. The molecule has 1 atom stereocenters. The van der Waals surface area contributed by atoms with Crippen LogP contribution in [0.2, 0.25) is 0 Å². The zero-order valence-electron chi connectivity index (χ0n) is 15.1. The van der Waals surface area contributed by atoms with Crippen molar-refractivity contribution in [2.75, 3.05) is 20.8 Å². The van der Waals surface area contributed by atoms with Gasteiger partial charge in [-0.25, -0.2) is 8.78 Å². The largest absolute Gasteiger partial charge is 0.493 e. The number of benzene rings is 2. The van der Waals surface area contributed by atoms with Crippen molar-refractivity contribution in [3.05, 3.63) is 59.2 Å².